The summed E-state index contributed by atoms with van der Waals surface area (Å²) in [5.74, 6) is -3.00. The molecule has 2 saturated heterocycles. The van der Waals surface area contributed by atoms with Crippen LogP contribution < -0.4 is 16.4 Å². The van der Waals surface area contributed by atoms with Crippen molar-refractivity contribution in [3.05, 3.63) is 58.0 Å². The van der Waals surface area contributed by atoms with Gasteiger partial charge >= 0.3 is 5.97 Å². The number of aromatic nitrogens is 2. The van der Waals surface area contributed by atoms with E-state index in [-0.39, 0.29) is 28.2 Å². The average Bonchev–Trinajstić information content (AvgIpc) is 3.51. The number of nitrogens with zero attached hydrogens (tertiary/aromatic N) is 4. The third kappa shape index (κ3) is 4.21. The molecular formula is C22H19N7O6S2. The summed E-state index contributed by atoms with van der Waals surface area (Å²) in [5, 5.41) is 28.6. The predicted molar refractivity (Wildman–Crippen MR) is 133 cm³/mol. The van der Waals surface area contributed by atoms with Crippen molar-refractivity contribution in [2.24, 2.45) is 5.16 Å². The number of fused-ring (bicyclic) bond motifs is 1. The van der Waals surface area contributed by atoms with Crippen molar-refractivity contribution in [1.82, 2.24) is 25.5 Å². The van der Waals surface area contributed by atoms with Gasteiger partial charge in [0.25, 0.3) is 11.8 Å². The minimum atomic E-state index is -1.34. The van der Waals surface area contributed by atoms with Gasteiger partial charge in [-0.1, -0.05) is 11.2 Å². The van der Waals surface area contributed by atoms with E-state index in [0.717, 1.165) is 16.2 Å². The van der Waals surface area contributed by atoms with Crippen LogP contribution in [0.15, 0.2) is 51.9 Å². The maximum absolute atomic E-state index is 13.1. The number of nitrogens with two attached hydrogens (primary N) is 1. The number of thioether (sulfide) groups is 1. The molecule has 2 aromatic rings. The van der Waals surface area contributed by atoms with Gasteiger partial charge in [0, 0.05) is 46.8 Å². The number of carbonyl (C=O) groups is 4. The molecule has 2 aromatic heterocycles. The lowest BCUT2D eigenvalue weighted by atomic mass is 9.90. The van der Waals surface area contributed by atoms with E-state index in [9.17, 15) is 29.5 Å². The molecule has 190 valence electrons. The zero-order valence-corrected chi connectivity index (χ0v) is 20.5. The van der Waals surface area contributed by atoms with Crippen LogP contribution in [0.4, 0.5) is 5.13 Å². The van der Waals surface area contributed by atoms with Crippen LogP contribution in [0.25, 0.3) is 5.57 Å². The molecule has 0 aliphatic carbocycles. The molecular weight excluding hydrogens is 522 g/mol. The van der Waals surface area contributed by atoms with Gasteiger partial charge in [-0.25, -0.2) is 9.78 Å². The maximum Gasteiger partial charge on any atom is 0.352 e. The predicted octanol–water partition coefficient (Wildman–Crippen LogP) is 0.0109. The molecule has 15 heteroatoms. The van der Waals surface area contributed by atoms with E-state index in [0.29, 0.717) is 35.2 Å². The van der Waals surface area contributed by atoms with Crippen molar-refractivity contribution < 1.29 is 29.5 Å². The molecule has 3 aliphatic rings. The summed E-state index contributed by atoms with van der Waals surface area (Å²) in [7, 11) is 0. The third-order valence-corrected chi connectivity index (χ3v) is 7.98. The highest BCUT2D eigenvalue weighted by molar-refractivity contribution is 8.00. The van der Waals surface area contributed by atoms with E-state index >= 15 is 0 Å². The quantitative estimate of drug-likeness (QED) is 0.109. The SMILES string of the molecule is Nc1nc(C(=NO)C(=O)N[C@@H]2C(=O)N3C(C(=O)O)=C(C(=C4CCNC4=O)c4cccnc4)CS[C@H]23)cs1. The highest BCUT2D eigenvalue weighted by atomic mass is 32.2. The molecule has 5 heterocycles. The van der Waals surface area contributed by atoms with E-state index in [2.05, 4.69) is 25.8 Å². The Kier molecular flexibility index (Phi) is 6.39. The van der Waals surface area contributed by atoms with Gasteiger partial charge in [0.05, 0.1) is 0 Å². The summed E-state index contributed by atoms with van der Waals surface area (Å²) in [6.45, 7) is 0.416. The fraction of sp³-hybridized carbons (Fsp3) is 0.227. The summed E-state index contributed by atoms with van der Waals surface area (Å²) < 4.78 is 0. The standard InChI is InChI=1S/C22H19N7O6S2/c23-22-26-12(8-37-22)14(28-35)18(31)27-15-19(32)29-16(21(33)34)11(7-36-20(15)29)13(9-2-1-4-24-6-9)10-3-5-25-17(10)30/h1-2,4,6,8,15,20,35H,3,5,7H2,(H2,23,26)(H,25,30)(H,27,31)(H,33,34)/t15-,20-/m1/s1. The van der Waals surface area contributed by atoms with Gasteiger partial charge in [-0.15, -0.1) is 23.1 Å². The molecule has 2 atom stereocenters. The van der Waals surface area contributed by atoms with Crippen LogP contribution in [0.2, 0.25) is 0 Å². The van der Waals surface area contributed by atoms with Crippen LogP contribution in [-0.4, -0.2) is 78.3 Å². The number of β-lactam (4-membered cyclic amide) rings is 1. The van der Waals surface area contributed by atoms with E-state index in [4.69, 9.17) is 5.73 Å². The fourth-order valence-electron chi connectivity index (χ4n) is 4.43. The molecule has 2 fully saturated rings. The Bertz CT molecular complexity index is 1420. The number of anilines is 1. The molecule has 0 bridgehead atoms. The summed E-state index contributed by atoms with van der Waals surface area (Å²) in [5.41, 5.74) is 6.67. The van der Waals surface area contributed by atoms with Gasteiger partial charge < -0.3 is 26.7 Å². The lowest BCUT2D eigenvalue weighted by Gasteiger charge is -2.49. The molecule has 0 aromatic carbocycles. The number of carboxylic acids is 1. The highest BCUT2D eigenvalue weighted by Crippen LogP contribution is 2.45. The smallest absolute Gasteiger partial charge is 0.352 e. The number of amides is 3. The number of rotatable bonds is 6. The van der Waals surface area contributed by atoms with E-state index in [1.807, 2.05) is 0 Å². The van der Waals surface area contributed by atoms with E-state index in [1.165, 1.54) is 17.1 Å². The first-order valence-electron chi connectivity index (χ1n) is 10.9. The number of thiazole rings is 1. The number of allylic oxidation sites excluding steroid dienone is 1. The number of carboxylic acid groups (broad SMARTS) is 1. The number of carbonyl (C=O) groups excluding carboxylic acids is 3. The van der Waals surface area contributed by atoms with Crippen LogP contribution in [-0.2, 0) is 19.2 Å². The lowest BCUT2D eigenvalue weighted by molar-refractivity contribution is -0.150. The largest absolute Gasteiger partial charge is 0.477 e. The summed E-state index contributed by atoms with van der Waals surface area (Å²) in [6.07, 6.45) is 3.50. The molecule has 0 spiro atoms. The number of aliphatic carboxylic acids is 1. The maximum atomic E-state index is 13.1. The Morgan fingerprint density at radius 1 is 1.32 bits per heavy atom. The van der Waals surface area contributed by atoms with Gasteiger partial charge in [0.2, 0.25) is 5.91 Å². The summed E-state index contributed by atoms with van der Waals surface area (Å²) in [4.78, 5) is 60.0. The lowest BCUT2D eigenvalue weighted by Crippen LogP contribution is -2.71. The number of hydrogen-bond acceptors (Lipinski definition) is 11. The van der Waals surface area contributed by atoms with Crippen LogP contribution in [0.3, 0.4) is 0 Å². The number of oxime groups is 1. The fourth-order valence-corrected chi connectivity index (χ4v) is 6.33. The molecule has 13 nitrogen and oxygen atoms in total. The number of nitrogen functional groups attached to an aromatic ring is 1. The minimum absolute atomic E-state index is 0.0402. The molecule has 0 saturated carbocycles. The molecule has 5 rings (SSSR count). The van der Waals surface area contributed by atoms with Crippen LogP contribution >= 0.6 is 23.1 Å². The van der Waals surface area contributed by atoms with Crippen molar-refractivity contribution >= 4 is 63.2 Å². The van der Waals surface area contributed by atoms with Crippen molar-refractivity contribution in [3.63, 3.8) is 0 Å². The summed E-state index contributed by atoms with van der Waals surface area (Å²) in [6, 6.07) is 2.34. The van der Waals surface area contributed by atoms with Gasteiger partial charge in [0.1, 0.15) is 22.8 Å². The zero-order chi connectivity index (χ0) is 26.3. The van der Waals surface area contributed by atoms with Crippen molar-refractivity contribution in [3.8, 4) is 0 Å². The first kappa shape index (κ1) is 24.5. The molecule has 0 radical (unpaired) electrons. The van der Waals surface area contributed by atoms with Gasteiger partial charge in [-0.05, 0) is 18.1 Å². The van der Waals surface area contributed by atoms with Gasteiger partial charge in [-0.3, -0.25) is 24.3 Å². The number of pyridine rings is 1. The van der Waals surface area contributed by atoms with Gasteiger partial charge in [0.15, 0.2) is 10.8 Å². The highest BCUT2D eigenvalue weighted by Gasteiger charge is 2.55. The average molecular weight is 542 g/mol. The Morgan fingerprint density at radius 3 is 2.73 bits per heavy atom. The van der Waals surface area contributed by atoms with E-state index < -0.39 is 34.9 Å². The second-order valence-corrected chi connectivity index (χ2v) is 10.1. The third-order valence-electron chi connectivity index (χ3n) is 6.03. The van der Waals surface area contributed by atoms with E-state index in [1.54, 1.807) is 24.5 Å². The molecule has 3 aliphatic heterocycles. The van der Waals surface area contributed by atoms with Gasteiger partial charge in [-0.2, -0.15) is 0 Å². The zero-order valence-electron chi connectivity index (χ0n) is 18.9. The van der Waals surface area contributed by atoms with Crippen LogP contribution in [0.5, 0.6) is 0 Å². The van der Waals surface area contributed by atoms with Crippen molar-refractivity contribution in [2.75, 3.05) is 18.0 Å². The van der Waals surface area contributed by atoms with Crippen LogP contribution in [0.1, 0.15) is 17.7 Å². The molecule has 3 amide bonds. The monoisotopic (exact) mass is 541 g/mol. The molecule has 37 heavy (non-hydrogen) atoms. The second kappa shape index (κ2) is 9.67. The Balaban J connectivity index is 1.48. The molecule has 0 unspecified atom stereocenters. The minimum Gasteiger partial charge on any atom is -0.477 e. The number of hydrogen-bond donors (Lipinski definition) is 5. The van der Waals surface area contributed by atoms with Crippen LogP contribution in [0, 0.1) is 0 Å². The first-order chi connectivity index (χ1) is 17.8. The Hall–Kier alpha value is -4.24. The second-order valence-electron chi connectivity index (χ2n) is 8.11. The normalized spacial score (nSPS) is 22.8. The Labute approximate surface area is 217 Å². The number of nitrogens with one attached hydrogen (secondary N) is 2. The van der Waals surface area contributed by atoms with Crippen molar-refractivity contribution in [1.29, 1.82) is 0 Å². The molecule has 6 N–H and O–H groups in total. The first-order valence-corrected chi connectivity index (χ1v) is 12.8. The topological polar surface area (TPSA) is 200 Å². The summed E-state index contributed by atoms with van der Waals surface area (Å²) >= 11 is 2.29. The van der Waals surface area contributed by atoms with Crippen molar-refractivity contribution in [2.45, 2.75) is 17.8 Å². The Morgan fingerprint density at radius 2 is 2.14 bits per heavy atom.